The Hall–Kier alpha value is -1.70. The first-order valence-electron chi connectivity index (χ1n) is 5.78. The van der Waals surface area contributed by atoms with Crippen molar-refractivity contribution in [1.29, 1.82) is 0 Å². The van der Waals surface area contributed by atoms with Crippen molar-refractivity contribution in [2.45, 2.75) is 25.1 Å². The lowest BCUT2D eigenvalue weighted by atomic mass is 9.71. The van der Waals surface area contributed by atoms with Crippen LogP contribution in [0.15, 0.2) is 0 Å². The molecule has 7 nitrogen and oxygen atoms in total. The van der Waals surface area contributed by atoms with E-state index in [2.05, 4.69) is 0 Å². The number of nitrogens with two attached hydrogens (primary N) is 2. The van der Waals surface area contributed by atoms with Gasteiger partial charge in [0.25, 0.3) is 0 Å². The van der Waals surface area contributed by atoms with E-state index < -0.39 is 52.7 Å². The fourth-order valence-electron chi connectivity index (χ4n) is 3.89. The molecule has 1 unspecified atom stereocenters. The molecule has 0 heterocycles. The lowest BCUT2D eigenvalue weighted by molar-refractivity contribution is -0.151. The summed E-state index contributed by atoms with van der Waals surface area (Å²) >= 11 is 0. The zero-order valence-corrected chi connectivity index (χ0v) is 10.2. The van der Waals surface area contributed by atoms with Gasteiger partial charge in [0, 0.05) is 5.41 Å². The van der Waals surface area contributed by atoms with Crippen LogP contribution in [0.4, 0.5) is 4.39 Å². The molecule has 0 aromatic heterocycles. The molecule has 0 bridgehead atoms. The Morgan fingerprint density at radius 2 is 1.74 bits per heavy atom. The summed E-state index contributed by atoms with van der Waals surface area (Å²) in [5.74, 6) is -7.34. The van der Waals surface area contributed by atoms with Crippen molar-refractivity contribution in [2.24, 2.45) is 34.6 Å². The highest BCUT2D eigenvalue weighted by Gasteiger charge is 2.85. The summed E-state index contributed by atoms with van der Waals surface area (Å²) in [6.45, 7) is 1.18. The number of amides is 1. The normalized spacial score (nSPS) is 43.1. The van der Waals surface area contributed by atoms with Crippen LogP contribution in [0, 0.1) is 23.2 Å². The monoisotopic (exact) mass is 274 g/mol. The highest BCUT2D eigenvalue weighted by molar-refractivity contribution is 5.92. The van der Waals surface area contributed by atoms with Crippen LogP contribution in [0.2, 0.25) is 0 Å². The van der Waals surface area contributed by atoms with Crippen molar-refractivity contribution in [3.8, 4) is 0 Å². The summed E-state index contributed by atoms with van der Waals surface area (Å²) in [5.41, 5.74) is 7.42. The molecule has 0 spiro atoms. The molecule has 1 amide bonds. The van der Waals surface area contributed by atoms with Crippen LogP contribution in [0.5, 0.6) is 0 Å². The zero-order chi connectivity index (χ0) is 14.7. The average Bonchev–Trinajstić information content (AvgIpc) is 2.77. The lowest BCUT2D eigenvalue weighted by Gasteiger charge is -2.35. The second-order valence-corrected chi connectivity index (χ2v) is 5.49. The van der Waals surface area contributed by atoms with E-state index in [-0.39, 0.29) is 6.42 Å². The van der Waals surface area contributed by atoms with Crippen LogP contribution in [0.1, 0.15) is 13.3 Å². The lowest BCUT2D eigenvalue weighted by Crippen LogP contribution is -2.61. The van der Waals surface area contributed by atoms with Gasteiger partial charge in [-0.3, -0.25) is 14.4 Å². The van der Waals surface area contributed by atoms with E-state index in [1.165, 1.54) is 6.92 Å². The van der Waals surface area contributed by atoms with Crippen molar-refractivity contribution in [1.82, 2.24) is 0 Å². The van der Waals surface area contributed by atoms with Gasteiger partial charge >= 0.3 is 11.9 Å². The third kappa shape index (κ3) is 1.37. The SMILES string of the molecule is C[C@@](N)(C(N)=O)[C@@]12C(C(=O)O)[C@@H](F)C[C@@H]1[C@@H]2C(=O)O. The van der Waals surface area contributed by atoms with E-state index >= 15 is 0 Å². The number of primary amides is 1. The minimum atomic E-state index is -1.88. The molecular formula is C11H15FN2O5. The van der Waals surface area contributed by atoms with Gasteiger partial charge < -0.3 is 21.7 Å². The Bertz CT molecular complexity index is 480. The number of carbonyl (C=O) groups excluding carboxylic acids is 1. The van der Waals surface area contributed by atoms with Gasteiger partial charge in [0.15, 0.2) is 0 Å². The quantitative estimate of drug-likeness (QED) is 0.515. The molecular weight excluding hydrogens is 259 g/mol. The highest BCUT2D eigenvalue weighted by Crippen LogP contribution is 2.75. The number of alkyl halides is 1. The van der Waals surface area contributed by atoms with Crippen molar-refractivity contribution in [3.63, 3.8) is 0 Å². The third-order valence-electron chi connectivity index (χ3n) is 4.72. The van der Waals surface area contributed by atoms with Gasteiger partial charge in [0.1, 0.15) is 11.7 Å². The van der Waals surface area contributed by atoms with Crippen LogP contribution >= 0.6 is 0 Å². The summed E-state index contributed by atoms with van der Waals surface area (Å²) < 4.78 is 13.8. The van der Waals surface area contributed by atoms with E-state index in [1.807, 2.05) is 0 Å². The molecule has 0 radical (unpaired) electrons. The molecule has 2 aliphatic carbocycles. The Morgan fingerprint density at radius 1 is 1.26 bits per heavy atom. The highest BCUT2D eigenvalue weighted by atomic mass is 19.1. The first-order valence-corrected chi connectivity index (χ1v) is 5.78. The molecule has 2 saturated carbocycles. The van der Waals surface area contributed by atoms with Crippen LogP contribution in [0.3, 0.4) is 0 Å². The van der Waals surface area contributed by atoms with Crippen LogP contribution in [-0.4, -0.2) is 39.8 Å². The third-order valence-corrected chi connectivity index (χ3v) is 4.72. The van der Waals surface area contributed by atoms with Gasteiger partial charge in [-0.1, -0.05) is 0 Å². The van der Waals surface area contributed by atoms with Gasteiger partial charge in [-0.25, -0.2) is 4.39 Å². The minimum Gasteiger partial charge on any atom is -0.481 e. The summed E-state index contributed by atoms with van der Waals surface area (Å²) in [4.78, 5) is 33.9. The number of halogens is 1. The van der Waals surface area contributed by atoms with E-state index in [4.69, 9.17) is 21.7 Å². The Kier molecular flexibility index (Phi) is 2.64. The molecule has 106 valence electrons. The molecule has 8 heteroatoms. The predicted molar refractivity (Wildman–Crippen MR) is 59.5 cm³/mol. The van der Waals surface area contributed by atoms with Gasteiger partial charge in [0.05, 0.1) is 11.8 Å². The van der Waals surface area contributed by atoms with Crippen molar-refractivity contribution < 1.29 is 29.0 Å². The van der Waals surface area contributed by atoms with Crippen molar-refractivity contribution >= 4 is 17.8 Å². The van der Waals surface area contributed by atoms with Gasteiger partial charge in [-0.05, 0) is 19.3 Å². The molecule has 2 fully saturated rings. The second-order valence-electron chi connectivity index (χ2n) is 5.49. The molecule has 6 N–H and O–H groups in total. The maximum absolute atomic E-state index is 13.8. The summed E-state index contributed by atoms with van der Waals surface area (Å²) in [6.07, 6.45) is -1.95. The van der Waals surface area contributed by atoms with E-state index in [0.29, 0.717) is 0 Å². The average molecular weight is 274 g/mol. The summed E-state index contributed by atoms with van der Waals surface area (Å²) in [6, 6.07) is 0. The fourth-order valence-corrected chi connectivity index (χ4v) is 3.89. The summed E-state index contributed by atoms with van der Waals surface area (Å²) in [7, 11) is 0. The van der Waals surface area contributed by atoms with Crippen LogP contribution < -0.4 is 11.5 Å². The molecule has 2 aliphatic rings. The number of hydrogen-bond donors (Lipinski definition) is 4. The zero-order valence-electron chi connectivity index (χ0n) is 10.2. The molecule has 0 saturated heterocycles. The fraction of sp³-hybridized carbons (Fsp3) is 0.727. The van der Waals surface area contributed by atoms with Gasteiger partial charge in [-0.2, -0.15) is 0 Å². The molecule has 0 aromatic rings. The topological polar surface area (TPSA) is 144 Å². The van der Waals surface area contributed by atoms with E-state index in [1.54, 1.807) is 0 Å². The van der Waals surface area contributed by atoms with Crippen LogP contribution in [-0.2, 0) is 14.4 Å². The standard InChI is InChI=1S/C11H15FN2O5/c1-10(14,9(13)19)11-3(5(11)7(15)16)2-4(12)6(11)8(17)18/h3-6H,2,14H2,1H3,(H2,13,19)(H,15,16)(H,17,18)/t3-,4+,5-,6?,10-,11+/m1/s1. The first kappa shape index (κ1) is 13.7. The predicted octanol–water partition coefficient (Wildman–Crippen LogP) is -1.05. The number of carbonyl (C=O) groups is 3. The second kappa shape index (κ2) is 3.66. The molecule has 6 atom stereocenters. The van der Waals surface area contributed by atoms with E-state index in [0.717, 1.165) is 0 Å². The van der Waals surface area contributed by atoms with E-state index in [9.17, 15) is 18.8 Å². The maximum Gasteiger partial charge on any atom is 0.310 e. The molecule has 0 aliphatic heterocycles. The largest absolute Gasteiger partial charge is 0.481 e. The van der Waals surface area contributed by atoms with Crippen molar-refractivity contribution in [2.75, 3.05) is 0 Å². The smallest absolute Gasteiger partial charge is 0.310 e. The Balaban J connectivity index is 2.56. The number of rotatable bonds is 4. The number of fused-ring (bicyclic) bond motifs is 1. The van der Waals surface area contributed by atoms with Gasteiger partial charge in [-0.15, -0.1) is 0 Å². The number of carboxylic acids is 2. The Labute approximate surface area is 107 Å². The number of aliphatic carboxylic acids is 2. The molecule has 0 aromatic carbocycles. The Morgan fingerprint density at radius 3 is 2.11 bits per heavy atom. The summed E-state index contributed by atoms with van der Waals surface area (Å²) in [5, 5.41) is 18.3. The maximum atomic E-state index is 13.8. The number of carboxylic acid groups (broad SMARTS) is 2. The minimum absolute atomic E-state index is 0.228. The van der Waals surface area contributed by atoms with Crippen molar-refractivity contribution in [3.05, 3.63) is 0 Å². The van der Waals surface area contributed by atoms with Gasteiger partial charge in [0.2, 0.25) is 5.91 Å². The van der Waals surface area contributed by atoms with Crippen LogP contribution in [0.25, 0.3) is 0 Å². The molecule has 19 heavy (non-hydrogen) atoms. The molecule has 2 rings (SSSR count). The number of hydrogen-bond acceptors (Lipinski definition) is 4. The first-order chi connectivity index (χ1) is 8.60.